The highest BCUT2D eigenvalue weighted by Gasteiger charge is 2.20. The zero-order chi connectivity index (χ0) is 22.8. The van der Waals surface area contributed by atoms with Crippen molar-refractivity contribution in [3.8, 4) is 22.5 Å². The van der Waals surface area contributed by atoms with Crippen molar-refractivity contribution in [1.82, 2.24) is 4.58 Å². The third kappa shape index (κ3) is 3.92. The van der Waals surface area contributed by atoms with Crippen LogP contribution in [0.1, 0.15) is 38.8 Å². The molecule has 32 heavy (non-hydrogen) atoms. The monoisotopic (exact) mass is 427 g/mol. The Morgan fingerprint density at radius 1 is 0.781 bits per heavy atom. The van der Waals surface area contributed by atoms with Gasteiger partial charge < -0.3 is 9.32 Å². The molecular formula is C29H35N2O+. The molecule has 3 nitrogen and oxygen atoms in total. The molecule has 0 atom stereocenters. The quantitative estimate of drug-likeness (QED) is 0.259. The van der Waals surface area contributed by atoms with Gasteiger partial charge in [-0.25, -0.2) is 4.58 Å². The molecule has 1 aliphatic heterocycles. The second-order valence-corrected chi connectivity index (χ2v) is 8.50. The number of aryl methyl sites for hydroxylation is 2. The highest BCUT2D eigenvalue weighted by atomic mass is 16.3. The van der Waals surface area contributed by atoms with Crippen LogP contribution in [0, 0.1) is 13.8 Å². The summed E-state index contributed by atoms with van der Waals surface area (Å²) in [6, 6.07) is 20.1. The van der Waals surface area contributed by atoms with Gasteiger partial charge in [0.25, 0.3) is 0 Å². The minimum atomic E-state index is 0.939. The van der Waals surface area contributed by atoms with Gasteiger partial charge in [0.05, 0.1) is 6.07 Å². The molecule has 1 heterocycles. The summed E-state index contributed by atoms with van der Waals surface area (Å²) in [4.78, 5) is 2.36. The molecule has 4 rings (SSSR count). The molecule has 0 radical (unpaired) electrons. The molecule has 0 bridgehead atoms. The first-order valence-corrected chi connectivity index (χ1v) is 11.9. The zero-order valence-corrected chi connectivity index (χ0v) is 20.3. The molecule has 2 aliphatic rings. The van der Waals surface area contributed by atoms with Gasteiger partial charge in [-0.05, 0) is 70.9 Å². The standard InChI is InChI=1S/C29H35N2O/c1-7-30(8-2)22-13-15-24-27(18-22)32-28-19-23(31(9-3)10-4)14-16-25(28)29(24)26-17-20(5)11-12-21(26)6/h11-19H,7-10H2,1-6H3/q+1. The molecular weight excluding hydrogens is 392 g/mol. The van der Waals surface area contributed by atoms with Crippen LogP contribution >= 0.6 is 0 Å². The van der Waals surface area contributed by atoms with E-state index in [-0.39, 0.29) is 0 Å². The Balaban J connectivity index is 2.12. The molecule has 0 saturated heterocycles. The van der Waals surface area contributed by atoms with Crippen molar-refractivity contribution in [2.24, 2.45) is 0 Å². The smallest absolute Gasteiger partial charge is 0.203 e. The topological polar surface area (TPSA) is 19.4 Å². The van der Waals surface area contributed by atoms with Gasteiger partial charge in [0.1, 0.15) is 24.4 Å². The SMILES string of the molecule is CCN(CC)c1ccc2c(-c3cc(C)ccc3C)c3ccc(=[N+](CC)CC)cc-3oc2c1. The molecule has 0 N–H and O–H groups in total. The van der Waals surface area contributed by atoms with E-state index in [9.17, 15) is 0 Å². The van der Waals surface area contributed by atoms with Gasteiger partial charge in [0, 0.05) is 47.4 Å². The van der Waals surface area contributed by atoms with Crippen molar-refractivity contribution in [3.63, 3.8) is 0 Å². The van der Waals surface area contributed by atoms with Crippen molar-refractivity contribution >= 4 is 16.7 Å². The summed E-state index contributed by atoms with van der Waals surface area (Å²) in [6.45, 7) is 17.1. The van der Waals surface area contributed by atoms with Crippen LogP contribution in [-0.2, 0) is 0 Å². The van der Waals surface area contributed by atoms with Crippen molar-refractivity contribution in [2.45, 2.75) is 41.5 Å². The number of anilines is 1. The van der Waals surface area contributed by atoms with Crippen LogP contribution in [0.3, 0.4) is 0 Å². The highest BCUT2D eigenvalue weighted by molar-refractivity contribution is 6.03. The highest BCUT2D eigenvalue weighted by Crippen LogP contribution is 2.42. The number of hydrogen-bond acceptors (Lipinski definition) is 2. The summed E-state index contributed by atoms with van der Waals surface area (Å²) in [6.07, 6.45) is 0. The molecule has 0 aromatic heterocycles. The van der Waals surface area contributed by atoms with E-state index in [2.05, 4.69) is 106 Å². The van der Waals surface area contributed by atoms with Crippen LogP contribution in [0.4, 0.5) is 5.69 Å². The summed E-state index contributed by atoms with van der Waals surface area (Å²) in [5, 5.41) is 2.37. The Kier molecular flexibility index (Phi) is 6.36. The first-order valence-electron chi connectivity index (χ1n) is 11.9. The predicted molar refractivity (Wildman–Crippen MR) is 138 cm³/mol. The van der Waals surface area contributed by atoms with Gasteiger partial charge in [-0.15, -0.1) is 0 Å². The van der Waals surface area contributed by atoms with E-state index < -0.39 is 0 Å². The van der Waals surface area contributed by atoms with Crippen LogP contribution in [-0.4, -0.2) is 26.2 Å². The van der Waals surface area contributed by atoms with E-state index in [1.807, 2.05) is 0 Å². The minimum Gasteiger partial charge on any atom is -0.456 e. The van der Waals surface area contributed by atoms with Crippen LogP contribution in [0.2, 0.25) is 0 Å². The first kappa shape index (κ1) is 22.1. The minimum absolute atomic E-state index is 0.939. The number of hydrogen-bond donors (Lipinski definition) is 0. The van der Waals surface area contributed by atoms with Crippen LogP contribution in [0.5, 0.6) is 0 Å². The fraction of sp³-hybridized carbons (Fsp3) is 0.345. The lowest BCUT2D eigenvalue weighted by Gasteiger charge is -2.22. The summed E-state index contributed by atoms with van der Waals surface area (Å²) in [5.74, 6) is 0.939. The zero-order valence-electron chi connectivity index (χ0n) is 20.3. The van der Waals surface area contributed by atoms with Gasteiger partial charge in [0.15, 0.2) is 0 Å². The summed E-state index contributed by atoms with van der Waals surface area (Å²) < 4.78 is 8.95. The van der Waals surface area contributed by atoms with Gasteiger partial charge in [-0.2, -0.15) is 0 Å². The molecule has 2 aromatic carbocycles. The molecule has 0 fully saturated rings. The number of benzene rings is 3. The summed E-state index contributed by atoms with van der Waals surface area (Å²) in [7, 11) is 0. The van der Waals surface area contributed by atoms with Crippen molar-refractivity contribution in [2.75, 3.05) is 31.1 Å². The Bertz CT molecular complexity index is 1290. The normalized spacial score (nSPS) is 11.3. The first-order chi connectivity index (χ1) is 15.5. The molecule has 0 unspecified atom stereocenters. The summed E-state index contributed by atoms with van der Waals surface area (Å²) in [5.41, 5.74) is 8.41. The van der Waals surface area contributed by atoms with Gasteiger partial charge in [-0.1, -0.05) is 23.8 Å². The van der Waals surface area contributed by atoms with Crippen LogP contribution < -0.4 is 14.8 Å². The largest absolute Gasteiger partial charge is 0.456 e. The van der Waals surface area contributed by atoms with E-state index in [0.29, 0.717) is 0 Å². The number of nitrogens with zero attached hydrogens (tertiary/aromatic N) is 2. The molecule has 0 saturated carbocycles. The van der Waals surface area contributed by atoms with Crippen LogP contribution in [0.15, 0.2) is 59.0 Å². The maximum absolute atomic E-state index is 6.58. The Hall–Kier alpha value is -3.07. The molecule has 3 heteroatoms. The lowest BCUT2D eigenvalue weighted by Crippen LogP contribution is -2.29. The predicted octanol–water partition coefficient (Wildman–Crippen LogP) is 6.48. The lowest BCUT2D eigenvalue weighted by atomic mass is 9.90. The number of fused-ring (bicyclic) bond motifs is 2. The van der Waals surface area contributed by atoms with Crippen molar-refractivity contribution < 1.29 is 4.42 Å². The van der Waals surface area contributed by atoms with E-state index in [4.69, 9.17) is 4.42 Å². The fourth-order valence-electron chi connectivity index (χ4n) is 4.73. The van der Waals surface area contributed by atoms with Crippen LogP contribution in [0.25, 0.3) is 33.4 Å². The molecule has 2 aromatic rings. The van der Waals surface area contributed by atoms with E-state index >= 15 is 0 Å². The second kappa shape index (κ2) is 9.20. The van der Waals surface area contributed by atoms with Crippen molar-refractivity contribution in [3.05, 3.63) is 71.1 Å². The molecule has 0 amide bonds. The number of rotatable bonds is 6. The van der Waals surface area contributed by atoms with E-state index in [0.717, 1.165) is 48.5 Å². The Labute approximate surface area is 192 Å². The summed E-state index contributed by atoms with van der Waals surface area (Å²) >= 11 is 0. The van der Waals surface area contributed by atoms with Gasteiger partial charge in [-0.3, -0.25) is 0 Å². The van der Waals surface area contributed by atoms with E-state index in [1.165, 1.54) is 33.3 Å². The fourth-order valence-corrected chi connectivity index (χ4v) is 4.73. The van der Waals surface area contributed by atoms with Crippen molar-refractivity contribution in [1.29, 1.82) is 0 Å². The second-order valence-electron chi connectivity index (χ2n) is 8.50. The maximum Gasteiger partial charge on any atom is 0.203 e. The third-order valence-corrected chi connectivity index (χ3v) is 6.61. The maximum atomic E-state index is 6.58. The lowest BCUT2D eigenvalue weighted by molar-refractivity contribution is 0.604. The van der Waals surface area contributed by atoms with E-state index in [1.54, 1.807) is 0 Å². The Morgan fingerprint density at radius 3 is 2.22 bits per heavy atom. The third-order valence-electron chi connectivity index (χ3n) is 6.61. The van der Waals surface area contributed by atoms with Gasteiger partial charge in [0.2, 0.25) is 5.36 Å². The van der Waals surface area contributed by atoms with Gasteiger partial charge >= 0.3 is 0 Å². The molecule has 1 aliphatic carbocycles. The molecule has 166 valence electrons. The molecule has 0 spiro atoms. The Morgan fingerprint density at radius 2 is 1.53 bits per heavy atom. The average Bonchev–Trinajstić information content (AvgIpc) is 2.80. The average molecular weight is 428 g/mol.